The number of nitrogens with one attached hydrogen (secondary N) is 1. The first-order valence-electron chi connectivity index (χ1n) is 7.57. The van der Waals surface area contributed by atoms with Crippen molar-refractivity contribution in [3.63, 3.8) is 0 Å². The van der Waals surface area contributed by atoms with E-state index in [9.17, 15) is 9.59 Å². The van der Waals surface area contributed by atoms with Crippen LogP contribution in [0.2, 0.25) is 0 Å². The molecule has 2 aromatic rings. The Hall–Kier alpha value is -2.63. The molecule has 1 aromatic heterocycles. The van der Waals surface area contributed by atoms with E-state index >= 15 is 0 Å². The van der Waals surface area contributed by atoms with Gasteiger partial charge in [0.2, 0.25) is 0 Å². The van der Waals surface area contributed by atoms with E-state index in [2.05, 4.69) is 10.3 Å². The molecular weight excluding hydrogens is 296 g/mol. The van der Waals surface area contributed by atoms with Gasteiger partial charge in [0, 0.05) is 23.5 Å². The monoisotopic (exact) mass is 314 g/mol. The Morgan fingerprint density at radius 1 is 1.35 bits per heavy atom. The highest BCUT2D eigenvalue weighted by molar-refractivity contribution is 6.06. The number of hydrogen-bond donors (Lipinski definition) is 2. The predicted molar refractivity (Wildman–Crippen MR) is 84.9 cm³/mol. The van der Waals surface area contributed by atoms with Crippen molar-refractivity contribution in [2.45, 2.75) is 25.2 Å². The van der Waals surface area contributed by atoms with Crippen LogP contribution in [0.3, 0.4) is 0 Å². The summed E-state index contributed by atoms with van der Waals surface area (Å²) in [5.41, 5.74) is 2.19. The third kappa shape index (κ3) is 3.41. The predicted octanol–water partition coefficient (Wildman–Crippen LogP) is 2.33. The molecule has 1 aliphatic carbocycles. The van der Waals surface area contributed by atoms with Crippen LogP contribution in [0.4, 0.5) is 0 Å². The Balaban J connectivity index is 1.97. The lowest BCUT2D eigenvalue weighted by Crippen LogP contribution is -2.26. The van der Waals surface area contributed by atoms with E-state index in [-0.39, 0.29) is 18.9 Å². The summed E-state index contributed by atoms with van der Waals surface area (Å²) in [5, 5.41) is 12.1. The summed E-state index contributed by atoms with van der Waals surface area (Å²) in [6.45, 7) is 0.0979. The first-order valence-corrected chi connectivity index (χ1v) is 7.57. The zero-order chi connectivity index (χ0) is 16.4. The number of rotatable bonds is 6. The topological polar surface area (TPSA) is 88.5 Å². The van der Waals surface area contributed by atoms with Crippen molar-refractivity contribution >= 4 is 22.8 Å². The van der Waals surface area contributed by atoms with E-state index < -0.39 is 5.97 Å². The van der Waals surface area contributed by atoms with E-state index in [1.54, 1.807) is 13.2 Å². The van der Waals surface area contributed by atoms with Crippen LogP contribution < -0.4 is 10.1 Å². The molecule has 1 fully saturated rings. The summed E-state index contributed by atoms with van der Waals surface area (Å²) in [6.07, 6.45) is 2.08. The van der Waals surface area contributed by atoms with Crippen LogP contribution in [-0.2, 0) is 4.79 Å². The van der Waals surface area contributed by atoms with Crippen LogP contribution in [0.5, 0.6) is 5.75 Å². The molecule has 1 aliphatic rings. The number of carbonyl (C=O) groups excluding carboxylic acids is 1. The minimum absolute atomic E-state index is 0.0979. The van der Waals surface area contributed by atoms with Gasteiger partial charge in [-0.1, -0.05) is 0 Å². The zero-order valence-corrected chi connectivity index (χ0v) is 12.8. The molecule has 1 heterocycles. The number of fused-ring (bicyclic) bond motifs is 1. The molecule has 0 aliphatic heterocycles. The second-order valence-corrected chi connectivity index (χ2v) is 5.65. The molecule has 0 radical (unpaired) electrons. The van der Waals surface area contributed by atoms with Crippen molar-refractivity contribution in [1.29, 1.82) is 0 Å². The van der Waals surface area contributed by atoms with Crippen molar-refractivity contribution in [2.75, 3.05) is 13.7 Å². The molecule has 0 saturated heterocycles. The molecular formula is C17H18N2O4. The lowest BCUT2D eigenvalue weighted by Gasteiger charge is -2.11. The Morgan fingerprint density at radius 2 is 2.13 bits per heavy atom. The van der Waals surface area contributed by atoms with Gasteiger partial charge in [-0.05, 0) is 37.1 Å². The van der Waals surface area contributed by atoms with E-state index in [1.165, 1.54) is 0 Å². The number of carboxylic acids is 1. The first kappa shape index (κ1) is 15.3. The van der Waals surface area contributed by atoms with E-state index in [4.69, 9.17) is 9.84 Å². The van der Waals surface area contributed by atoms with Crippen LogP contribution in [0.15, 0.2) is 24.3 Å². The van der Waals surface area contributed by atoms with Crippen LogP contribution in [-0.4, -0.2) is 35.6 Å². The Labute approximate surface area is 133 Å². The number of pyridine rings is 1. The summed E-state index contributed by atoms with van der Waals surface area (Å²) < 4.78 is 5.22. The Bertz CT molecular complexity index is 769. The Kier molecular flexibility index (Phi) is 4.14. The number of aliphatic carboxylic acids is 1. The van der Waals surface area contributed by atoms with Gasteiger partial charge in [-0.15, -0.1) is 0 Å². The number of ether oxygens (including phenoxy) is 1. The van der Waals surface area contributed by atoms with Gasteiger partial charge in [-0.3, -0.25) is 14.6 Å². The van der Waals surface area contributed by atoms with E-state index in [0.29, 0.717) is 22.6 Å². The number of carbonyl (C=O) groups is 2. The number of amides is 1. The lowest BCUT2D eigenvalue weighted by molar-refractivity contribution is -0.136. The number of aromatic nitrogens is 1. The lowest BCUT2D eigenvalue weighted by atomic mass is 10.0. The highest BCUT2D eigenvalue weighted by atomic mass is 16.5. The van der Waals surface area contributed by atoms with Crippen molar-refractivity contribution in [3.05, 3.63) is 35.5 Å². The molecule has 0 unspecified atom stereocenters. The standard InChI is InChI=1S/C17H18N2O4/c1-23-11-4-5-14-12(8-11)13(9-15(19-14)10-2-3-10)17(22)18-7-6-16(20)21/h4-5,8-10H,2-3,6-7H2,1H3,(H,18,22)(H,20,21). The number of nitrogens with zero attached hydrogens (tertiary/aromatic N) is 1. The normalized spacial score (nSPS) is 13.8. The minimum atomic E-state index is -0.940. The van der Waals surface area contributed by atoms with Crippen LogP contribution in [0, 0.1) is 0 Å². The maximum atomic E-state index is 12.5. The first-order chi connectivity index (χ1) is 11.1. The average Bonchev–Trinajstić information content (AvgIpc) is 3.37. The fourth-order valence-corrected chi connectivity index (χ4v) is 2.51. The fourth-order valence-electron chi connectivity index (χ4n) is 2.51. The van der Waals surface area contributed by atoms with Crippen LogP contribution in [0.1, 0.15) is 41.2 Å². The molecule has 0 atom stereocenters. The highest BCUT2D eigenvalue weighted by Gasteiger charge is 2.27. The average molecular weight is 314 g/mol. The van der Waals surface area contributed by atoms with Crippen LogP contribution in [0.25, 0.3) is 10.9 Å². The van der Waals surface area contributed by atoms with Crippen molar-refractivity contribution in [3.8, 4) is 5.75 Å². The number of carboxylic acid groups (broad SMARTS) is 1. The molecule has 0 spiro atoms. The summed E-state index contributed by atoms with van der Waals surface area (Å²) in [5.74, 6) is -0.149. The zero-order valence-electron chi connectivity index (χ0n) is 12.8. The van der Waals surface area contributed by atoms with Gasteiger partial charge in [0.05, 0.1) is 24.6 Å². The van der Waals surface area contributed by atoms with E-state index in [0.717, 1.165) is 24.1 Å². The van der Waals surface area contributed by atoms with Gasteiger partial charge in [0.25, 0.3) is 5.91 Å². The minimum Gasteiger partial charge on any atom is -0.497 e. The summed E-state index contributed by atoms with van der Waals surface area (Å²) in [6, 6.07) is 7.26. The summed E-state index contributed by atoms with van der Waals surface area (Å²) in [4.78, 5) is 27.7. The second kappa shape index (κ2) is 6.24. The van der Waals surface area contributed by atoms with Gasteiger partial charge >= 0.3 is 5.97 Å². The molecule has 23 heavy (non-hydrogen) atoms. The summed E-state index contributed by atoms with van der Waals surface area (Å²) >= 11 is 0. The number of benzene rings is 1. The van der Waals surface area contributed by atoms with Crippen molar-refractivity contribution < 1.29 is 19.4 Å². The molecule has 1 aromatic carbocycles. The molecule has 3 rings (SSSR count). The molecule has 6 nitrogen and oxygen atoms in total. The Morgan fingerprint density at radius 3 is 2.78 bits per heavy atom. The summed E-state index contributed by atoms with van der Waals surface area (Å²) in [7, 11) is 1.57. The van der Waals surface area contributed by atoms with Crippen molar-refractivity contribution in [1.82, 2.24) is 10.3 Å². The molecule has 120 valence electrons. The molecule has 1 amide bonds. The number of hydrogen-bond acceptors (Lipinski definition) is 4. The van der Waals surface area contributed by atoms with Gasteiger partial charge < -0.3 is 15.2 Å². The second-order valence-electron chi connectivity index (χ2n) is 5.65. The fraction of sp³-hybridized carbons (Fsp3) is 0.353. The highest BCUT2D eigenvalue weighted by Crippen LogP contribution is 2.40. The SMILES string of the molecule is COc1ccc2nc(C3CC3)cc(C(=O)NCCC(=O)O)c2c1. The molecule has 1 saturated carbocycles. The van der Waals surface area contributed by atoms with Crippen LogP contribution >= 0.6 is 0 Å². The number of methoxy groups -OCH3 is 1. The van der Waals surface area contributed by atoms with Gasteiger partial charge in [-0.25, -0.2) is 0 Å². The van der Waals surface area contributed by atoms with Gasteiger partial charge in [0.1, 0.15) is 5.75 Å². The molecule has 6 heteroatoms. The molecule has 2 N–H and O–H groups in total. The maximum absolute atomic E-state index is 12.5. The maximum Gasteiger partial charge on any atom is 0.305 e. The van der Waals surface area contributed by atoms with E-state index in [1.807, 2.05) is 18.2 Å². The van der Waals surface area contributed by atoms with Crippen molar-refractivity contribution in [2.24, 2.45) is 0 Å². The third-order valence-corrected chi connectivity index (χ3v) is 3.90. The smallest absolute Gasteiger partial charge is 0.305 e. The molecule has 0 bridgehead atoms. The largest absolute Gasteiger partial charge is 0.497 e. The van der Waals surface area contributed by atoms with Gasteiger partial charge in [-0.2, -0.15) is 0 Å². The van der Waals surface area contributed by atoms with Gasteiger partial charge in [0.15, 0.2) is 0 Å². The quantitative estimate of drug-likeness (QED) is 0.854. The third-order valence-electron chi connectivity index (χ3n) is 3.90.